The first-order chi connectivity index (χ1) is 7.18. The molecule has 0 aliphatic heterocycles. The maximum absolute atomic E-state index is 9.47. The maximum Gasteiger partial charge on any atom is 0.139 e. The van der Waals surface area contributed by atoms with Crippen LogP contribution < -0.4 is 11.5 Å². The molecule has 0 saturated carbocycles. The lowest BCUT2D eigenvalue weighted by molar-refractivity contribution is 0.478. The van der Waals surface area contributed by atoms with E-state index in [0.717, 1.165) is 11.1 Å². The Morgan fingerprint density at radius 1 is 0.933 bits per heavy atom. The van der Waals surface area contributed by atoms with Gasteiger partial charge < -0.3 is 16.6 Å². The molecule has 3 nitrogen and oxygen atoms in total. The molecule has 0 heterocycles. The molecule has 5 N–H and O–H groups in total. The van der Waals surface area contributed by atoms with Crippen LogP contribution in [0.4, 0.5) is 11.4 Å². The summed E-state index contributed by atoms with van der Waals surface area (Å²) in [7, 11) is 0. The Balaban J connectivity index is 2.59. The maximum atomic E-state index is 9.47. The fourth-order valence-corrected chi connectivity index (χ4v) is 1.51. The highest BCUT2D eigenvalue weighted by atomic mass is 16.3. The van der Waals surface area contributed by atoms with E-state index in [0.29, 0.717) is 11.4 Å². The Labute approximate surface area is 88.0 Å². The van der Waals surface area contributed by atoms with Crippen LogP contribution in [0, 0.1) is 0 Å². The monoisotopic (exact) mass is 200 g/mol. The summed E-state index contributed by atoms with van der Waals surface area (Å²) >= 11 is 0. The number of nitrogens with two attached hydrogens (primary N) is 2. The molecule has 0 aliphatic rings. The molecule has 0 spiro atoms. The number of hydrogen-bond donors (Lipinski definition) is 3. The fraction of sp³-hybridized carbons (Fsp3) is 0. The van der Waals surface area contributed by atoms with E-state index in [1.807, 2.05) is 30.3 Å². The number of phenols is 1. The molecule has 0 aromatic heterocycles. The Morgan fingerprint density at radius 2 is 1.67 bits per heavy atom. The highest BCUT2D eigenvalue weighted by Crippen LogP contribution is 2.32. The van der Waals surface area contributed by atoms with Crippen molar-refractivity contribution in [1.82, 2.24) is 0 Å². The van der Waals surface area contributed by atoms with E-state index < -0.39 is 0 Å². The van der Waals surface area contributed by atoms with Crippen molar-refractivity contribution < 1.29 is 5.11 Å². The summed E-state index contributed by atoms with van der Waals surface area (Å²) in [5, 5.41) is 9.47. The number of benzene rings is 2. The van der Waals surface area contributed by atoms with E-state index in [2.05, 4.69) is 0 Å². The van der Waals surface area contributed by atoms with Gasteiger partial charge >= 0.3 is 0 Å². The van der Waals surface area contributed by atoms with Gasteiger partial charge in [-0.05, 0) is 23.8 Å². The smallest absolute Gasteiger partial charge is 0.139 e. The van der Waals surface area contributed by atoms with E-state index in [-0.39, 0.29) is 5.75 Å². The lowest BCUT2D eigenvalue weighted by Gasteiger charge is -2.07. The van der Waals surface area contributed by atoms with E-state index in [1.165, 1.54) is 0 Å². The molecule has 15 heavy (non-hydrogen) atoms. The zero-order valence-electron chi connectivity index (χ0n) is 8.14. The van der Waals surface area contributed by atoms with Gasteiger partial charge in [0.1, 0.15) is 5.75 Å². The molecule has 0 bridgehead atoms. The Bertz CT molecular complexity index is 495. The molecule has 0 amide bonds. The topological polar surface area (TPSA) is 72.3 Å². The summed E-state index contributed by atoms with van der Waals surface area (Å²) in [6, 6.07) is 12.6. The van der Waals surface area contributed by atoms with E-state index in [4.69, 9.17) is 11.5 Å². The number of rotatable bonds is 1. The molecular formula is C12H12N2O. The third kappa shape index (κ3) is 1.72. The van der Waals surface area contributed by atoms with Crippen molar-refractivity contribution in [2.24, 2.45) is 0 Å². The molecule has 0 saturated heterocycles. The van der Waals surface area contributed by atoms with Crippen molar-refractivity contribution in [3.05, 3.63) is 42.5 Å². The number of aromatic hydroxyl groups is 1. The average Bonchev–Trinajstić information content (AvgIpc) is 2.22. The Hall–Kier alpha value is -2.16. The van der Waals surface area contributed by atoms with Crippen LogP contribution in [-0.4, -0.2) is 5.11 Å². The number of phenolic OH excluding ortho intramolecular Hbond substituents is 1. The molecular weight excluding hydrogens is 188 g/mol. The second-order valence-electron chi connectivity index (χ2n) is 3.36. The lowest BCUT2D eigenvalue weighted by Crippen LogP contribution is -1.91. The third-order valence-electron chi connectivity index (χ3n) is 2.28. The number of para-hydroxylation sites is 1. The second kappa shape index (κ2) is 3.53. The third-order valence-corrected chi connectivity index (χ3v) is 2.28. The summed E-state index contributed by atoms with van der Waals surface area (Å²) in [5.74, 6) is 0.0925. The molecule has 3 heteroatoms. The van der Waals surface area contributed by atoms with Gasteiger partial charge in [-0.25, -0.2) is 0 Å². The van der Waals surface area contributed by atoms with E-state index >= 15 is 0 Å². The largest absolute Gasteiger partial charge is 0.506 e. The van der Waals surface area contributed by atoms with Crippen molar-refractivity contribution >= 4 is 11.4 Å². The summed E-state index contributed by atoms with van der Waals surface area (Å²) in [6.07, 6.45) is 0. The van der Waals surface area contributed by atoms with Gasteiger partial charge in [-0.1, -0.05) is 24.3 Å². The minimum absolute atomic E-state index is 0.0925. The van der Waals surface area contributed by atoms with Crippen molar-refractivity contribution in [3.63, 3.8) is 0 Å². The molecule has 2 aromatic rings. The molecule has 0 fully saturated rings. The van der Waals surface area contributed by atoms with Crippen LogP contribution in [0.25, 0.3) is 11.1 Å². The van der Waals surface area contributed by atoms with Crippen molar-refractivity contribution in [1.29, 1.82) is 0 Å². The summed E-state index contributed by atoms with van der Waals surface area (Å²) < 4.78 is 0. The van der Waals surface area contributed by atoms with Crippen LogP contribution in [0.2, 0.25) is 0 Å². The van der Waals surface area contributed by atoms with Gasteiger partial charge in [0.2, 0.25) is 0 Å². The van der Waals surface area contributed by atoms with Gasteiger partial charge in [0.15, 0.2) is 0 Å². The van der Waals surface area contributed by atoms with Gasteiger partial charge in [-0.15, -0.1) is 0 Å². The second-order valence-corrected chi connectivity index (χ2v) is 3.36. The van der Waals surface area contributed by atoms with E-state index in [1.54, 1.807) is 12.1 Å². The van der Waals surface area contributed by atoms with Crippen molar-refractivity contribution in [3.8, 4) is 16.9 Å². The molecule has 0 unspecified atom stereocenters. The number of nitrogen functional groups attached to an aromatic ring is 2. The van der Waals surface area contributed by atoms with Crippen LogP contribution in [0.5, 0.6) is 5.75 Å². The average molecular weight is 200 g/mol. The van der Waals surface area contributed by atoms with Gasteiger partial charge in [0.25, 0.3) is 0 Å². The minimum Gasteiger partial charge on any atom is -0.506 e. The quantitative estimate of drug-likeness (QED) is 0.488. The first-order valence-electron chi connectivity index (χ1n) is 4.62. The van der Waals surface area contributed by atoms with Crippen LogP contribution in [0.1, 0.15) is 0 Å². The first kappa shape index (κ1) is 9.40. The Kier molecular flexibility index (Phi) is 2.21. The van der Waals surface area contributed by atoms with Gasteiger partial charge in [-0.3, -0.25) is 0 Å². The van der Waals surface area contributed by atoms with Crippen LogP contribution in [0.3, 0.4) is 0 Å². The zero-order chi connectivity index (χ0) is 10.8. The SMILES string of the molecule is Nc1cccc(-c2cccc(O)c2N)c1. The molecule has 0 atom stereocenters. The van der Waals surface area contributed by atoms with Crippen LogP contribution >= 0.6 is 0 Å². The summed E-state index contributed by atoms with van der Waals surface area (Å²) in [4.78, 5) is 0. The zero-order valence-corrected chi connectivity index (χ0v) is 8.14. The predicted molar refractivity (Wildman–Crippen MR) is 62.4 cm³/mol. The fourth-order valence-electron chi connectivity index (χ4n) is 1.51. The summed E-state index contributed by atoms with van der Waals surface area (Å²) in [6.45, 7) is 0. The molecule has 2 rings (SSSR count). The molecule has 2 aromatic carbocycles. The van der Waals surface area contributed by atoms with Gasteiger partial charge in [0, 0.05) is 11.3 Å². The highest BCUT2D eigenvalue weighted by molar-refractivity contribution is 5.81. The van der Waals surface area contributed by atoms with Crippen molar-refractivity contribution in [2.75, 3.05) is 11.5 Å². The van der Waals surface area contributed by atoms with Crippen LogP contribution in [0.15, 0.2) is 42.5 Å². The highest BCUT2D eigenvalue weighted by Gasteiger charge is 2.05. The van der Waals surface area contributed by atoms with Gasteiger partial charge in [0.05, 0.1) is 5.69 Å². The molecule has 76 valence electrons. The lowest BCUT2D eigenvalue weighted by atomic mass is 10.0. The van der Waals surface area contributed by atoms with E-state index in [9.17, 15) is 5.11 Å². The predicted octanol–water partition coefficient (Wildman–Crippen LogP) is 2.22. The number of hydrogen-bond acceptors (Lipinski definition) is 3. The minimum atomic E-state index is 0.0925. The van der Waals surface area contributed by atoms with Crippen molar-refractivity contribution in [2.45, 2.75) is 0 Å². The van der Waals surface area contributed by atoms with Crippen LogP contribution in [-0.2, 0) is 0 Å². The Morgan fingerprint density at radius 3 is 2.40 bits per heavy atom. The first-order valence-corrected chi connectivity index (χ1v) is 4.62. The normalized spacial score (nSPS) is 10.1. The molecule has 0 aliphatic carbocycles. The summed E-state index contributed by atoms with van der Waals surface area (Å²) in [5.41, 5.74) is 14.2. The standard InChI is InChI=1S/C12H12N2O/c13-9-4-1-3-8(7-9)10-5-2-6-11(15)12(10)14/h1-7,15H,13-14H2. The van der Waals surface area contributed by atoms with Gasteiger partial charge in [-0.2, -0.15) is 0 Å². The molecule has 0 radical (unpaired) electrons. The number of anilines is 2.